The molecule has 0 bridgehead atoms. The number of furan rings is 1. The van der Waals surface area contributed by atoms with Gasteiger partial charge in [0.15, 0.2) is 0 Å². The van der Waals surface area contributed by atoms with Crippen LogP contribution < -0.4 is 4.40 Å². The zero-order valence-corrected chi connectivity index (χ0v) is 37.3. The predicted molar refractivity (Wildman–Crippen MR) is 218 cm³/mol. The Balaban J connectivity index is 0.000000217. The van der Waals surface area contributed by atoms with Crippen molar-refractivity contribution < 1.29 is 24.5 Å². The van der Waals surface area contributed by atoms with E-state index in [2.05, 4.69) is 145 Å². The van der Waals surface area contributed by atoms with Crippen LogP contribution in [0.5, 0.6) is 0 Å². The molecule has 0 aliphatic carbocycles. The van der Waals surface area contributed by atoms with Crippen LogP contribution in [0.4, 0.5) is 0 Å². The minimum Gasteiger partial charge on any atom is -0.486 e. The molecule has 0 atom stereocenters. The van der Waals surface area contributed by atoms with E-state index < -0.39 is 13.3 Å². The molecule has 0 saturated carbocycles. The fraction of sp³-hybridized carbons (Fsp3) is 0.356. The summed E-state index contributed by atoms with van der Waals surface area (Å²) in [7, 11) is 0. The largest absolute Gasteiger partial charge is 0.486 e. The van der Waals surface area contributed by atoms with Crippen molar-refractivity contribution in [2.75, 3.05) is 0 Å². The van der Waals surface area contributed by atoms with Gasteiger partial charge in [-0.25, -0.2) is 4.98 Å². The van der Waals surface area contributed by atoms with E-state index in [9.17, 15) is 0 Å². The second-order valence-electron chi connectivity index (χ2n) is 17.2. The van der Waals surface area contributed by atoms with Crippen LogP contribution in [0, 0.1) is 25.0 Å². The fourth-order valence-corrected chi connectivity index (χ4v) is 10.1. The molecule has 0 unspecified atom stereocenters. The van der Waals surface area contributed by atoms with Crippen LogP contribution in [0.3, 0.4) is 0 Å². The van der Waals surface area contributed by atoms with Gasteiger partial charge < -0.3 is 8.98 Å². The minimum atomic E-state index is -1.86. The number of pyridine rings is 2. The van der Waals surface area contributed by atoms with Gasteiger partial charge in [0.25, 0.3) is 0 Å². The average molecular weight is 930 g/mol. The van der Waals surface area contributed by atoms with Crippen LogP contribution in [-0.4, -0.2) is 32.8 Å². The Hall–Kier alpha value is -3.58. The molecule has 7 aromatic rings. The summed E-state index contributed by atoms with van der Waals surface area (Å²) >= 11 is -1.86. The minimum absolute atomic E-state index is 0. The molecule has 5 nitrogen and oxygen atoms in total. The van der Waals surface area contributed by atoms with E-state index in [1.165, 1.54) is 5.56 Å². The van der Waals surface area contributed by atoms with Gasteiger partial charge in [-0.2, -0.15) is 0 Å². The Morgan fingerprint density at radius 2 is 1.60 bits per heavy atom. The molecule has 7 heteroatoms. The first kappa shape index (κ1) is 39.6. The molecule has 0 aliphatic rings. The van der Waals surface area contributed by atoms with Gasteiger partial charge in [0.1, 0.15) is 0 Å². The van der Waals surface area contributed by atoms with Crippen LogP contribution in [0.2, 0.25) is 17.3 Å². The molecular formula is C45H52GeIrN4O-2. The Bertz CT molecular complexity index is 2330. The van der Waals surface area contributed by atoms with Gasteiger partial charge in [-0.15, -0.1) is 17.7 Å². The van der Waals surface area contributed by atoms with Gasteiger partial charge in [0.05, 0.1) is 22.4 Å². The van der Waals surface area contributed by atoms with Crippen molar-refractivity contribution in [2.24, 2.45) is 5.92 Å². The second kappa shape index (κ2) is 15.0. The summed E-state index contributed by atoms with van der Waals surface area (Å²) in [6.07, 6.45) is 3.27. The quantitative estimate of drug-likeness (QED) is 0.127. The summed E-state index contributed by atoms with van der Waals surface area (Å²) < 4.78 is 10.2. The Morgan fingerprint density at radius 3 is 2.23 bits per heavy atom. The van der Waals surface area contributed by atoms with Crippen LogP contribution in [0.1, 0.15) is 72.2 Å². The van der Waals surface area contributed by atoms with E-state index in [0.717, 1.165) is 67.7 Å². The van der Waals surface area contributed by atoms with Crippen LogP contribution >= 0.6 is 0 Å². The van der Waals surface area contributed by atoms with Gasteiger partial charge in [-0.3, -0.25) is 4.98 Å². The summed E-state index contributed by atoms with van der Waals surface area (Å²) in [4.78, 5) is 14.6. The third-order valence-electron chi connectivity index (χ3n) is 9.24. The zero-order valence-electron chi connectivity index (χ0n) is 32.8. The number of nitrogens with zero attached hydrogens (tertiary/aromatic N) is 4. The molecule has 4 heterocycles. The number of fused-ring (bicyclic) bond motifs is 4. The van der Waals surface area contributed by atoms with Crippen LogP contribution in [0.25, 0.3) is 55.7 Å². The third-order valence-corrected chi connectivity index (χ3v) is 13.6. The summed E-state index contributed by atoms with van der Waals surface area (Å²) in [5.41, 5.74) is 10.0. The molecular weight excluding hydrogens is 877 g/mol. The van der Waals surface area contributed by atoms with Crippen molar-refractivity contribution in [1.29, 1.82) is 0 Å². The number of imidazole rings is 1. The van der Waals surface area contributed by atoms with E-state index >= 15 is 0 Å². The van der Waals surface area contributed by atoms with Crippen LogP contribution in [0.15, 0.2) is 83.4 Å². The number of hydrogen-bond acceptors (Lipinski definition) is 4. The van der Waals surface area contributed by atoms with E-state index in [4.69, 9.17) is 19.4 Å². The molecule has 0 saturated heterocycles. The second-order valence-corrected chi connectivity index (χ2v) is 27.8. The molecule has 0 fully saturated rings. The SMILES string of the molecule is CC(C)Cc1cc(-c2[c-]cccc2)nc[c]1[Ge]([CH3])([CH3])[CH3].Cc1c[c-]c(-c2nc3ccccc3n2C(C)(C)C)c2oc3nc(C(C)(C)C)ccc3c12.[Ir]. The van der Waals surface area contributed by atoms with Crippen molar-refractivity contribution in [1.82, 2.24) is 19.5 Å². The van der Waals surface area contributed by atoms with Crippen molar-refractivity contribution >= 4 is 50.8 Å². The number of para-hydroxylation sites is 2. The first-order valence-corrected chi connectivity index (χ1v) is 25.5. The smallest absolute Gasteiger partial charge is 0.216 e. The molecule has 1 radical (unpaired) electrons. The van der Waals surface area contributed by atoms with Gasteiger partial charge in [-0.1, -0.05) is 50.8 Å². The third kappa shape index (κ3) is 8.15. The first-order chi connectivity index (χ1) is 23.9. The summed E-state index contributed by atoms with van der Waals surface area (Å²) in [6.45, 7) is 19.8. The molecule has 0 spiro atoms. The van der Waals surface area contributed by atoms with E-state index in [0.29, 0.717) is 11.6 Å². The van der Waals surface area contributed by atoms with E-state index in [1.807, 2.05) is 30.3 Å². The topological polar surface area (TPSA) is 56.7 Å². The standard InChI is InChI=1S/C27H28N3O.C18H24GeN.Ir/c1-16-12-13-18(24-28-19-10-8-9-11-20(19)30(24)27(5,6)7)23-22(16)17-14-15-21(26(2,3)4)29-25(17)31-23;1-14(2)11-16-12-18(15-9-7-6-8-10-15)20-13-17(16)19(3,4)5;/h8-12,14-15H,1-7H3;6-9,12-14H,11H2,1-5H3;/q2*-1;. The number of benzene rings is 3. The summed E-state index contributed by atoms with van der Waals surface area (Å²) in [6, 6.07) is 31.7. The molecule has 0 amide bonds. The number of rotatable bonds is 5. The average Bonchev–Trinajstić information content (AvgIpc) is 3.64. The van der Waals surface area contributed by atoms with Gasteiger partial charge >= 0.3 is 126 Å². The molecule has 7 rings (SSSR count). The number of hydrogen-bond donors (Lipinski definition) is 0. The maximum atomic E-state index is 6.42. The monoisotopic (exact) mass is 931 g/mol. The zero-order chi connectivity index (χ0) is 36.9. The summed E-state index contributed by atoms with van der Waals surface area (Å²) in [5, 5.41) is 2.12. The fourth-order valence-electron chi connectivity index (χ4n) is 6.80. The predicted octanol–water partition coefficient (Wildman–Crippen LogP) is 11.4. The van der Waals surface area contributed by atoms with E-state index in [-0.39, 0.29) is 31.1 Å². The van der Waals surface area contributed by atoms with Gasteiger partial charge in [0, 0.05) is 42.1 Å². The van der Waals surface area contributed by atoms with Crippen molar-refractivity contribution in [3.63, 3.8) is 0 Å². The number of aryl methyl sites for hydroxylation is 1. The maximum Gasteiger partial charge on any atom is 0.216 e. The summed E-state index contributed by atoms with van der Waals surface area (Å²) in [5.74, 6) is 8.86. The Kier molecular flexibility index (Phi) is 11.5. The van der Waals surface area contributed by atoms with Crippen molar-refractivity contribution in [3.8, 4) is 22.6 Å². The Labute approximate surface area is 326 Å². The molecule has 52 heavy (non-hydrogen) atoms. The van der Waals surface area contributed by atoms with Crippen LogP contribution in [-0.2, 0) is 37.5 Å². The van der Waals surface area contributed by atoms with E-state index in [1.54, 1.807) is 4.40 Å². The molecule has 0 N–H and O–H groups in total. The maximum absolute atomic E-state index is 6.42. The molecule has 273 valence electrons. The normalized spacial score (nSPS) is 12.3. The van der Waals surface area contributed by atoms with Gasteiger partial charge in [0.2, 0.25) is 5.71 Å². The number of aromatic nitrogens is 4. The Morgan fingerprint density at radius 1 is 0.885 bits per heavy atom. The first-order valence-electron chi connectivity index (χ1n) is 18.1. The van der Waals surface area contributed by atoms with Crippen molar-refractivity contribution in [2.45, 2.75) is 97.0 Å². The molecule has 0 aliphatic heterocycles. The van der Waals surface area contributed by atoms with Crippen molar-refractivity contribution in [3.05, 3.63) is 108 Å². The van der Waals surface area contributed by atoms with Gasteiger partial charge in [-0.05, 0) is 45.0 Å². The molecule has 4 aromatic heterocycles. The molecule has 3 aromatic carbocycles.